The Labute approximate surface area is 113 Å². The molecule has 2 aromatic rings. The van der Waals surface area contributed by atoms with Crippen molar-refractivity contribution in [1.29, 1.82) is 0 Å². The van der Waals surface area contributed by atoms with Gasteiger partial charge >= 0.3 is 0 Å². The van der Waals surface area contributed by atoms with Gasteiger partial charge in [0.25, 0.3) is 0 Å². The first-order valence-corrected chi connectivity index (χ1v) is 6.49. The molecule has 0 saturated carbocycles. The first-order valence-electron chi connectivity index (χ1n) is 6.49. The van der Waals surface area contributed by atoms with Crippen LogP contribution < -0.4 is 5.43 Å². The second-order valence-electron chi connectivity index (χ2n) is 4.76. The van der Waals surface area contributed by atoms with Crippen molar-refractivity contribution in [2.45, 2.75) is 6.04 Å². The predicted molar refractivity (Wildman–Crippen MR) is 77.9 cm³/mol. The fourth-order valence-electron chi connectivity index (χ4n) is 2.30. The van der Waals surface area contributed by atoms with Gasteiger partial charge in [-0.25, -0.2) is 5.01 Å². The van der Waals surface area contributed by atoms with Gasteiger partial charge < -0.3 is 5.43 Å². The molecule has 1 aliphatic heterocycles. The minimum Gasteiger partial charge on any atom is -0.303 e. The van der Waals surface area contributed by atoms with Gasteiger partial charge in [0, 0.05) is 19.2 Å². The van der Waals surface area contributed by atoms with Gasteiger partial charge in [-0.3, -0.25) is 4.99 Å². The largest absolute Gasteiger partial charge is 0.303 e. The highest BCUT2D eigenvalue weighted by Gasteiger charge is 2.20. The highest BCUT2D eigenvalue weighted by atomic mass is 15.5. The molecule has 0 aromatic heterocycles. The Hall–Kier alpha value is -2.13. The molecule has 0 fully saturated rings. The average molecular weight is 251 g/mol. The second-order valence-corrected chi connectivity index (χ2v) is 4.76. The Morgan fingerprint density at radius 2 is 1.63 bits per heavy atom. The minimum atomic E-state index is 0.183. The van der Waals surface area contributed by atoms with Gasteiger partial charge in [-0.2, -0.15) is 0 Å². The van der Waals surface area contributed by atoms with Crippen LogP contribution in [0.2, 0.25) is 0 Å². The van der Waals surface area contributed by atoms with Gasteiger partial charge in [0.05, 0.1) is 6.04 Å². The summed E-state index contributed by atoms with van der Waals surface area (Å²) in [5, 5.41) is 2.09. The maximum absolute atomic E-state index is 4.84. The summed E-state index contributed by atoms with van der Waals surface area (Å²) in [6.45, 7) is 0.875. The van der Waals surface area contributed by atoms with Crippen molar-refractivity contribution in [1.82, 2.24) is 10.4 Å². The van der Waals surface area contributed by atoms with Crippen LogP contribution in [0.3, 0.4) is 0 Å². The maximum atomic E-state index is 4.84. The lowest BCUT2D eigenvalue weighted by Crippen LogP contribution is -2.45. The summed E-state index contributed by atoms with van der Waals surface area (Å²) in [5.41, 5.74) is 5.69. The zero-order chi connectivity index (χ0) is 13.1. The molecule has 1 heterocycles. The Balaban J connectivity index is 1.95. The van der Waals surface area contributed by atoms with Crippen LogP contribution in [0.25, 0.3) is 0 Å². The number of nitrogens with zero attached hydrogens (tertiary/aromatic N) is 2. The molecular formula is C16H17N3. The molecule has 1 N–H and O–H groups in total. The van der Waals surface area contributed by atoms with Crippen molar-refractivity contribution in [3.63, 3.8) is 0 Å². The molecule has 0 radical (unpaired) electrons. The number of nitrogens with one attached hydrogen (secondary N) is 1. The molecule has 19 heavy (non-hydrogen) atoms. The standard InChI is InChI=1S/C16H17N3/c1-19-12-15(13-8-4-2-5-9-13)17-16(18-19)14-10-6-3-7-11-14/h2-11,15H,12H2,1H3,(H,17,18). The molecule has 0 saturated heterocycles. The highest BCUT2D eigenvalue weighted by molar-refractivity contribution is 5.98. The molecule has 2 aromatic carbocycles. The summed E-state index contributed by atoms with van der Waals surface area (Å²) in [5.74, 6) is 0.934. The number of benzene rings is 2. The Morgan fingerprint density at radius 1 is 1.00 bits per heavy atom. The van der Waals surface area contributed by atoms with Gasteiger partial charge in [-0.05, 0) is 5.56 Å². The molecular weight excluding hydrogens is 234 g/mol. The fraction of sp³-hybridized carbons (Fsp3) is 0.188. The summed E-state index contributed by atoms with van der Waals surface area (Å²) >= 11 is 0. The average Bonchev–Trinajstić information content (AvgIpc) is 2.48. The SMILES string of the molecule is CN1CC(c2ccccc2)N=C(c2ccccc2)N1. The number of amidine groups is 1. The molecule has 3 heteroatoms. The van der Waals surface area contributed by atoms with Crippen LogP contribution in [-0.4, -0.2) is 24.4 Å². The summed E-state index contributed by atoms with van der Waals surface area (Å²) in [6.07, 6.45) is 0. The Morgan fingerprint density at radius 3 is 2.32 bits per heavy atom. The van der Waals surface area contributed by atoms with Crippen LogP contribution in [0.15, 0.2) is 65.7 Å². The third-order valence-electron chi connectivity index (χ3n) is 3.26. The molecule has 0 amide bonds. The number of rotatable bonds is 2. The van der Waals surface area contributed by atoms with Crippen molar-refractivity contribution in [2.24, 2.45) is 4.99 Å². The number of hydrogen-bond acceptors (Lipinski definition) is 3. The van der Waals surface area contributed by atoms with Crippen molar-refractivity contribution >= 4 is 5.84 Å². The van der Waals surface area contributed by atoms with Gasteiger partial charge in [0.1, 0.15) is 5.84 Å². The van der Waals surface area contributed by atoms with Gasteiger partial charge in [0.15, 0.2) is 0 Å². The van der Waals surface area contributed by atoms with E-state index in [-0.39, 0.29) is 6.04 Å². The summed E-state index contributed by atoms with van der Waals surface area (Å²) in [4.78, 5) is 4.84. The van der Waals surface area contributed by atoms with Crippen LogP contribution in [0.4, 0.5) is 0 Å². The molecule has 3 nitrogen and oxygen atoms in total. The predicted octanol–water partition coefficient (Wildman–Crippen LogP) is 2.62. The Bertz CT molecular complexity index is 563. The van der Waals surface area contributed by atoms with E-state index in [1.165, 1.54) is 5.56 Å². The van der Waals surface area contributed by atoms with E-state index in [1.54, 1.807) is 0 Å². The van der Waals surface area contributed by atoms with E-state index in [0.29, 0.717) is 0 Å². The van der Waals surface area contributed by atoms with Gasteiger partial charge in [-0.1, -0.05) is 60.7 Å². The van der Waals surface area contributed by atoms with E-state index in [2.05, 4.69) is 46.8 Å². The van der Waals surface area contributed by atoms with E-state index in [4.69, 9.17) is 4.99 Å². The topological polar surface area (TPSA) is 27.6 Å². The van der Waals surface area contributed by atoms with Gasteiger partial charge in [0.2, 0.25) is 0 Å². The van der Waals surface area contributed by atoms with Crippen molar-refractivity contribution in [2.75, 3.05) is 13.6 Å². The lowest BCUT2D eigenvalue weighted by Gasteiger charge is -2.30. The first kappa shape index (κ1) is 11.9. The number of hydrogen-bond donors (Lipinski definition) is 1. The molecule has 96 valence electrons. The number of aliphatic imine (C=N–C) groups is 1. The maximum Gasteiger partial charge on any atom is 0.143 e. The highest BCUT2D eigenvalue weighted by Crippen LogP contribution is 2.21. The van der Waals surface area contributed by atoms with E-state index >= 15 is 0 Å². The monoisotopic (exact) mass is 251 g/mol. The van der Waals surface area contributed by atoms with Crippen LogP contribution >= 0.6 is 0 Å². The summed E-state index contributed by atoms with van der Waals surface area (Å²) in [6, 6.07) is 20.9. The summed E-state index contributed by atoms with van der Waals surface area (Å²) < 4.78 is 0. The normalized spacial score (nSPS) is 19.6. The number of likely N-dealkylation sites (N-methyl/N-ethyl adjacent to an activating group) is 1. The van der Waals surface area contributed by atoms with Crippen LogP contribution in [0, 0.1) is 0 Å². The van der Waals surface area contributed by atoms with Gasteiger partial charge in [-0.15, -0.1) is 0 Å². The molecule has 3 rings (SSSR count). The Kier molecular flexibility index (Phi) is 3.29. The smallest absolute Gasteiger partial charge is 0.143 e. The molecule has 1 aliphatic rings. The zero-order valence-electron chi connectivity index (χ0n) is 11.0. The lowest BCUT2D eigenvalue weighted by molar-refractivity contribution is 0.257. The summed E-state index contributed by atoms with van der Waals surface area (Å²) in [7, 11) is 2.05. The van der Waals surface area contributed by atoms with Crippen LogP contribution in [-0.2, 0) is 0 Å². The molecule has 1 unspecified atom stereocenters. The van der Waals surface area contributed by atoms with Crippen LogP contribution in [0.1, 0.15) is 17.2 Å². The van der Waals surface area contributed by atoms with Crippen LogP contribution in [0.5, 0.6) is 0 Å². The fourth-order valence-corrected chi connectivity index (χ4v) is 2.30. The first-order chi connectivity index (χ1) is 9.33. The van der Waals surface area contributed by atoms with E-state index < -0.39 is 0 Å². The molecule has 1 atom stereocenters. The van der Waals surface area contributed by atoms with E-state index in [9.17, 15) is 0 Å². The quantitative estimate of drug-likeness (QED) is 0.888. The molecule has 0 aliphatic carbocycles. The van der Waals surface area contributed by atoms with E-state index in [0.717, 1.165) is 17.9 Å². The molecule has 0 spiro atoms. The lowest BCUT2D eigenvalue weighted by atomic mass is 10.1. The number of hydrazine groups is 1. The second kappa shape index (κ2) is 5.24. The third kappa shape index (κ3) is 2.66. The van der Waals surface area contributed by atoms with Crippen molar-refractivity contribution in [3.8, 4) is 0 Å². The van der Waals surface area contributed by atoms with Crippen molar-refractivity contribution < 1.29 is 0 Å². The van der Waals surface area contributed by atoms with Crippen molar-refractivity contribution in [3.05, 3.63) is 71.8 Å². The third-order valence-corrected chi connectivity index (χ3v) is 3.26. The van der Waals surface area contributed by atoms with E-state index in [1.807, 2.05) is 31.3 Å². The molecule has 0 bridgehead atoms. The zero-order valence-corrected chi connectivity index (χ0v) is 11.0. The minimum absolute atomic E-state index is 0.183.